The predicted octanol–water partition coefficient (Wildman–Crippen LogP) is 0.149. The second-order valence-electron chi connectivity index (χ2n) is 5.47. The first-order chi connectivity index (χ1) is 11.0. The molecule has 0 atom stereocenters. The summed E-state index contributed by atoms with van der Waals surface area (Å²) in [5.74, 6) is 0.516. The van der Waals surface area contributed by atoms with E-state index in [-0.39, 0.29) is 12.4 Å². The zero-order valence-electron chi connectivity index (χ0n) is 13.5. The van der Waals surface area contributed by atoms with Crippen molar-refractivity contribution in [3.05, 3.63) is 53.8 Å². The molecule has 0 aliphatic carbocycles. The van der Waals surface area contributed by atoms with Crippen LogP contribution in [0.4, 0.5) is 4.79 Å². The number of aromatic nitrogens is 2. The van der Waals surface area contributed by atoms with Gasteiger partial charge in [-0.15, -0.1) is 0 Å². The molecule has 0 N–H and O–H groups in total. The number of hydrogen-bond donors (Lipinski definition) is 0. The van der Waals surface area contributed by atoms with Crippen molar-refractivity contribution < 1.29 is 26.3 Å². The number of ether oxygens (including phenoxy) is 1. The predicted molar refractivity (Wildman–Crippen MR) is 88.7 cm³/mol. The van der Waals surface area contributed by atoms with Crippen LogP contribution in [0.25, 0.3) is 16.9 Å². The molecular formula is C17H17Cl2N3O2. The Labute approximate surface area is 151 Å². The van der Waals surface area contributed by atoms with Crippen molar-refractivity contribution in [2.75, 3.05) is 14.1 Å². The molecule has 1 aromatic carbocycles. The molecule has 0 unspecified atom stereocenters. The molecule has 5 nitrogen and oxygen atoms in total. The number of carbonyl (C=O) groups excluding carboxylic acids is 1. The minimum absolute atomic E-state index is 0. The van der Waals surface area contributed by atoms with Gasteiger partial charge >= 0.3 is 6.09 Å². The summed E-state index contributed by atoms with van der Waals surface area (Å²) in [6, 6.07) is 11.3. The maximum Gasteiger partial charge on any atom is 0.414 e. The van der Waals surface area contributed by atoms with E-state index in [4.69, 9.17) is 16.3 Å². The Kier molecular flexibility index (Phi) is 5.36. The average molecular weight is 366 g/mol. The van der Waals surface area contributed by atoms with Gasteiger partial charge in [0.1, 0.15) is 18.1 Å². The number of halogens is 2. The lowest BCUT2D eigenvalue weighted by Gasteiger charge is -2.10. The van der Waals surface area contributed by atoms with E-state index in [1.54, 1.807) is 26.2 Å². The van der Waals surface area contributed by atoms with Crippen LogP contribution >= 0.6 is 11.6 Å². The van der Waals surface area contributed by atoms with E-state index in [2.05, 4.69) is 4.57 Å². The SMILES string of the molecule is CN(C)C(=O)Oc1ccc(-c2c[n+]3cc(Cl)ccc3n2C)cc1.[Cl-]. The zero-order valence-corrected chi connectivity index (χ0v) is 15.0. The van der Waals surface area contributed by atoms with Crippen molar-refractivity contribution >= 4 is 23.3 Å². The maximum atomic E-state index is 11.6. The molecule has 0 aliphatic heterocycles. The standard InChI is InChI=1S/C17H17ClN3O2.ClH/c1-19(2)17(22)23-14-7-4-12(5-8-14)15-11-21-10-13(18)6-9-16(21)20(15)3;/h4-11H,1-3H3;1H/q+1;/p-1. The Morgan fingerprint density at radius 2 is 1.79 bits per heavy atom. The van der Waals surface area contributed by atoms with Gasteiger partial charge in [0.2, 0.25) is 0 Å². The lowest BCUT2D eigenvalue weighted by atomic mass is 10.1. The fraction of sp³-hybridized carbons (Fsp3) is 0.176. The highest BCUT2D eigenvalue weighted by molar-refractivity contribution is 6.30. The number of fused-ring (bicyclic) bond motifs is 1. The van der Waals surface area contributed by atoms with Crippen molar-refractivity contribution in [3.63, 3.8) is 0 Å². The molecule has 0 fully saturated rings. The molecule has 0 radical (unpaired) electrons. The molecule has 3 aromatic rings. The molecule has 7 heteroatoms. The highest BCUT2D eigenvalue weighted by Crippen LogP contribution is 2.23. The minimum atomic E-state index is -0.396. The smallest absolute Gasteiger partial charge is 0.414 e. The quantitative estimate of drug-likeness (QED) is 0.606. The molecule has 3 rings (SSSR count). The fourth-order valence-electron chi connectivity index (χ4n) is 2.37. The van der Waals surface area contributed by atoms with Crippen LogP contribution < -0.4 is 21.5 Å². The number of rotatable bonds is 2. The Bertz CT molecular complexity index is 873. The number of benzene rings is 1. The van der Waals surface area contributed by atoms with Crippen LogP contribution in [0.5, 0.6) is 5.75 Å². The van der Waals surface area contributed by atoms with Crippen molar-refractivity contribution in [1.29, 1.82) is 0 Å². The summed E-state index contributed by atoms with van der Waals surface area (Å²) in [5.41, 5.74) is 3.10. The largest absolute Gasteiger partial charge is 1.00 e. The normalized spacial score (nSPS) is 10.3. The van der Waals surface area contributed by atoms with E-state index < -0.39 is 6.09 Å². The summed E-state index contributed by atoms with van der Waals surface area (Å²) >= 11 is 6.04. The Balaban J connectivity index is 0.00000208. The summed E-state index contributed by atoms with van der Waals surface area (Å²) in [7, 11) is 5.29. The number of nitrogens with zero attached hydrogens (tertiary/aromatic N) is 3. The van der Waals surface area contributed by atoms with E-state index in [0.717, 1.165) is 16.9 Å². The van der Waals surface area contributed by atoms with E-state index in [1.807, 2.05) is 48.1 Å². The molecule has 126 valence electrons. The van der Waals surface area contributed by atoms with Gasteiger partial charge in [0.05, 0.1) is 12.1 Å². The second kappa shape index (κ2) is 7.11. The molecule has 2 aromatic heterocycles. The van der Waals surface area contributed by atoms with E-state index in [1.165, 1.54) is 4.90 Å². The van der Waals surface area contributed by atoms with Gasteiger partial charge in [-0.1, -0.05) is 11.6 Å². The van der Waals surface area contributed by atoms with Crippen LogP contribution in [0.15, 0.2) is 48.8 Å². The monoisotopic (exact) mass is 365 g/mol. The van der Waals surface area contributed by atoms with E-state index >= 15 is 0 Å². The van der Waals surface area contributed by atoms with Gasteiger partial charge in [0.15, 0.2) is 5.69 Å². The maximum absolute atomic E-state index is 11.6. The number of carbonyl (C=O) groups is 1. The number of amides is 1. The third-order valence-electron chi connectivity index (χ3n) is 3.61. The van der Waals surface area contributed by atoms with Gasteiger partial charge in [-0.2, -0.15) is 0 Å². The zero-order chi connectivity index (χ0) is 16.6. The first-order valence-electron chi connectivity index (χ1n) is 7.11. The average Bonchev–Trinajstić information content (AvgIpc) is 2.84. The summed E-state index contributed by atoms with van der Waals surface area (Å²) in [5, 5.41) is 0.686. The van der Waals surface area contributed by atoms with Gasteiger partial charge in [-0.05, 0) is 30.3 Å². The highest BCUT2D eigenvalue weighted by Gasteiger charge is 2.16. The molecular weight excluding hydrogens is 349 g/mol. The number of imidazole rings is 1. The van der Waals surface area contributed by atoms with Gasteiger partial charge < -0.3 is 22.0 Å². The van der Waals surface area contributed by atoms with Gasteiger partial charge in [0, 0.05) is 25.7 Å². The van der Waals surface area contributed by atoms with Crippen molar-refractivity contribution in [3.8, 4) is 17.0 Å². The Morgan fingerprint density at radius 3 is 2.42 bits per heavy atom. The van der Waals surface area contributed by atoms with E-state index in [0.29, 0.717) is 10.8 Å². The molecule has 24 heavy (non-hydrogen) atoms. The van der Waals surface area contributed by atoms with Crippen molar-refractivity contribution in [2.45, 2.75) is 0 Å². The van der Waals surface area contributed by atoms with Crippen LogP contribution in [-0.2, 0) is 7.05 Å². The van der Waals surface area contributed by atoms with Crippen LogP contribution in [0.3, 0.4) is 0 Å². The number of pyridine rings is 1. The lowest BCUT2D eigenvalue weighted by Crippen LogP contribution is -3.00. The third kappa shape index (κ3) is 3.47. The van der Waals surface area contributed by atoms with Crippen LogP contribution in [0.2, 0.25) is 5.02 Å². The third-order valence-corrected chi connectivity index (χ3v) is 3.83. The van der Waals surface area contributed by atoms with Crippen LogP contribution in [0.1, 0.15) is 0 Å². The lowest BCUT2D eigenvalue weighted by molar-refractivity contribution is -0.510. The molecule has 0 spiro atoms. The highest BCUT2D eigenvalue weighted by atomic mass is 35.5. The minimum Gasteiger partial charge on any atom is -1.00 e. The first-order valence-corrected chi connectivity index (χ1v) is 7.49. The molecule has 0 saturated heterocycles. The van der Waals surface area contributed by atoms with Gasteiger partial charge in [-0.3, -0.25) is 0 Å². The summed E-state index contributed by atoms with van der Waals surface area (Å²) in [4.78, 5) is 12.9. The summed E-state index contributed by atoms with van der Waals surface area (Å²) in [6.45, 7) is 0. The second-order valence-corrected chi connectivity index (χ2v) is 5.91. The molecule has 0 saturated carbocycles. The Morgan fingerprint density at radius 1 is 1.12 bits per heavy atom. The number of aryl methyl sites for hydroxylation is 1. The van der Waals surface area contributed by atoms with E-state index in [9.17, 15) is 4.79 Å². The van der Waals surface area contributed by atoms with Crippen LogP contribution in [0, 0.1) is 0 Å². The molecule has 0 aliphatic rings. The molecule has 1 amide bonds. The fourth-order valence-corrected chi connectivity index (χ4v) is 2.53. The van der Waals surface area contributed by atoms with Crippen LogP contribution in [-0.4, -0.2) is 29.7 Å². The topological polar surface area (TPSA) is 38.6 Å². The van der Waals surface area contributed by atoms with Gasteiger partial charge in [0.25, 0.3) is 5.65 Å². The Hall–Kier alpha value is -2.24. The van der Waals surface area contributed by atoms with Crippen molar-refractivity contribution in [2.24, 2.45) is 7.05 Å². The molecule has 2 heterocycles. The van der Waals surface area contributed by atoms with Crippen molar-refractivity contribution in [1.82, 2.24) is 9.47 Å². The first kappa shape index (κ1) is 18.1. The summed E-state index contributed by atoms with van der Waals surface area (Å²) in [6.07, 6.45) is 3.49. The number of hydrogen-bond acceptors (Lipinski definition) is 2. The van der Waals surface area contributed by atoms with Gasteiger partial charge in [-0.25, -0.2) is 13.8 Å². The summed E-state index contributed by atoms with van der Waals surface area (Å²) < 4.78 is 9.29. The molecule has 0 bridgehead atoms.